The number of primary amides is 2. The maximum Gasteiger partial charge on any atom is 0.407 e. The second kappa shape index (κ2) is 22.2. The average molecular weight is 949 g/mol. The van der Waals surface area contributed by atoms with Gasteiger partial charge in [-0.1, -0.05) is 24.3 Å². The summed E-state index contributed by atoms with van der Waals surface area (Å²) in [5.74, 6) is -1.39. The minimum Gasteiger partial charge on any atom is -0.494 e. The smallest absolute Gasteiger partial charge is 0.407 e. The van der Waals surface area contributed by atoms with Crippen LogP contribution in [0.5, 0.6) is 11.5 Å². The third-order valence-corrected chi connectivity index (χ3v) is 10.4. The Kier molecular flexibility index (Phi) is 16.2. The van der Waals surface area contributed by atoms with Crippen LogP contribution in [0, 0.1) is 13.8 Å². The first-order chi connectivity index (χ1) is 32.9. The zero-order chi connectivity index (χ0) is 50.0. The molecule has 0 unspecified atom stereocenters. The normalized spacial score (nSPS) is 11.8. The Labute approximate surface area is 398 Å². The maximum atomic E-state index is 13.9. The van der Waals surface area contributed by atoms with Crippen molar-refractivity contribution in [2.24, 2.45) is 11.5 Å². The number of hydrogen-bond donors (Lipinski definition) is 6. The molecule has 0 saturated heterocycles. The monoisotopic (exact) mass is 948 g/mol. The minimum absolute atomic E-state index is 0.108. The number of amides is 5. The molecule has 22 heteroatoms. The lowest BCUT2D eigenvalue weighted by atomic mass is 10.1. The number of hydrogen-bond acceptors (Lipinski definition) is 13. The van der Waals surface area contributed by atoms with Gasteiger partial charge in [0.1, 0.15) is 46.1 Å². The number of benzene rings is 2. The Hall–Kier alpha value is -8.01. The van der Waals surface area contributed by atoms with Crippen LogP contribution in [0.2, 0.25) is 0 Å². The van der Waals surface area contributed by atoms with E-state index in [4.69, 9.17) is 35.6 Å². The number of anilines is 2. The molecule has 0 fully saturated rings. The lowest BCUT2D eigenvalue weighted by Crippen LogP contribution is -2.33. The Bertz CT molecular complexity index is 2930. The molecule has 0 atom stereocenters. The topological polar surface area (TPSA) is 284 Å². The number of ether oxygens (including phenoxy) is 3. The summed E-state index contributed by atoms with van der Waals surface area (Å²) in [6.45, 7) is 15.7. The predicted molar refractivity (Wildman–Crippen MR) is 260 cm³/mol. The molecule has 0 spiro atoms. The van der Waals surface area contributed by atoms with Crippen LogP contribution >= 0.6 is 0 Å². The Morgan fingerprint density at radius 3 is 1.68 bits per heavy atom. The molecule has 0 bridgehead atoms. The number of carbonyl (C=O) groups excluding carboxylic acids is 5. The summed E-state index contributed by atoms with van der Waals surface area (Å²) in [6.07, 6.45) is 7.59. The van der Waals surface area contributed by atoms with Gasteiger partial charge in [-0.05, 0) is 97.8 Å². The van der Waals surface area contributed by atoms with E-state index in [1.54, 1.807) is 65.2 Å². The fraction of sp³-hybridized carbons (Fsp3) is 0.383. The second-order valence-electron chi connectivity index (χ2n) is 16.8. The van der Waals surface area contributed by atoms with E-state index in [9.17, 15) is 24.0 Å². The van der Waals surface area contributed by atoms with Gasteiger partial charge in [-0.3, -0.25) is 39.2 Å². The fourth-order valence-electron chi connectivity index (χ4n) is 7.38. The van der Waals surface area contributed by atoms with Crippen LogP contribution in [0.25, 0.3) is 22.1 Å². The van der Waals surface area contributed by atoms with E-state index < -0.39 is 35.3 Å². The molecule has 2 aromatic carbocycles. The summed E-state index contributed by atoms with van der Waals surface area (Å²) in [5, 5.41) is 20.7. The average Bonchev–Trinajstić information content (AvgIpc) is 4.06. The van der Waals surface area contributed by atoms with Crippen LogP contribution in [-0.4, -0.2) is 107 Å². The molecule has 8 N–H and O–H groups in total. The van der Waals surface area contributed by atoms with Crippen molar-refractivity contribution in [1.29, 1.82) is 0 Å². The third-order valence-electron chi connectivity index (χ3n) is 10.4. The molecule has 0 aliphatic rings. The maximum absolute atomic E-state index is 13.9. The molecule has 5 amide bonds. The van der Waals surface area contributed by atoms with E-state index in [0.717, 1.165) is 0 Å². The summed E-state index contributed by atoms with van der Waals surface area (Å²) in [6, 6.07) is 9.45. The van der Waals surface area contributed by atoms with E-state index in [1.165, 1.54) is 31.4 Å². The largest absolute Gasteiger partial charge is 0.494 e. The first kappa shape index (κ1) is 50.4. The molecule has 6 rings (SSSR count). The first-order valence-electron chi connectivity index (χ1n) is 22.4. The molecule has 4 aromatic heterocycles. The van der Waals surface area contributed by atoms with Crippen LogP contribution in [0.1, 0.15) is 94.1 Å². The highest BCUT2D eigenvalue weighted by Gasteiger charge is 2.24. The number of allylic oxidation sites excluding steroid dienone is 2. The van der Waals surface area contributed by atoms with Gasteiger partial charge in [0, 0.05) is 50.4 Å². The quantitative estimate of drug-likeness (QED) is 0.0393. The van der Waals surface area contributed by atoms with Crippen molar-refractivity contribution < 1.29 is 38.2 Å². The Morgan fingerprint density at radius 1 is 0.696 bits per heavy atom. The number of aryl methyl sites for hydroxylation is 4. The molecule has 4 heterocycles. The second-order valence-corrected chi connectivity index (χ2v) is 16.8. The number of rotatable bonds is 22. The van der Waals surface area contributed by atoms with E-state index in [-0.39, 0.29) is 48.5 Å². The highest BCUT2D eigenvalue weighted by atomic mass is 16.6. The van der Waals surface area contributed by atoms with Crippen molar-refractivity contribution >= 4 is 63.7 Å². The predicted octanol–water partition coefficient (Wildman–Crippen LogP) is 4.84. The first-order valence-corrected chi connectivity index (χ1v) is 22.4. The van der Waals surface area contributed by atoms with E-state index in [2.05, 4.69) is 31.5 Å². The molecule has 0 aliphatic heterocycles. The summed E-state index contributed by atoms with van der Waals surface area (Å²) in [5.41, 5.74) is 14.8. The minimum atomic E-state index is -0.701. The number of aromatic nitrogens is 8. The van der Waals surface area contributed by atoms with Gasteiger partial charge in [0.05, 0.1) is 29.5 Å². The molecular weight excluding hydrogens is 889 g/mol. The molecule has 0 radical (unpaired) electrons. The van der Waals surface area contributed by atoms with Crippen LogP contribution in [0.4, 0.5) is 16.7 Å². The lowest BCUT2D eigenvalue weighted by molar-refractivity contribution is 0.0526. The van der Waals surface area contributed by atoms with Gasteiger partial charge in [-0.15, -0.1) is 0 Å². The van der Waals surface area contributed by atoms with Crippen molar-refractivity contribution in [1.82, 2.24) is 49.3 Å². The number of alkyl carbamates (subject to hydrolysis) is 1. The van der Waals surface area contributed by atoms with E-state index >= 15 is 0 Å². The van der Waals surface area contributed by atoms with Gasteiger partial charge >= 0.3 is 6.09 Å². The number of fused-ring (bicyclic) bond motifs is 2. The molecule has 0 saturated carbocycles. The highest BCUT2D eigenvalue weighted by Crippen LogP contribution is 2.33. The van der Waals surface area contributed by atoms with Gasteiger partial charge < -0.3 is 45.4 Å². The van der Waals surface area contributed by atoms with E-state index in [1.807, 2.05) is 38.2 Å². The molecule has 69 heavy (non-hydrogen) atoms. The lowest BCUT2D eigenvalue weighted by Gasteiger charge is -2.19. The fourth-order valence-corrected chi connectivity index (χ4v) is 7.38. The van der Waals surface area contributed by atoms with Gasteiger partial charge in [-0.2, -0.15) is 10.2 Å². The number of carbonyl (C=O) groups is 5. The van der Waals surface area contributed by atoms with Gasteiger partial charge in [0.15, 0.2) is 0 Å². The van der Waals surface area contributed by atoms with Crippen molar-refractivity contribution in [2.45, 2.75) is 86.7 Å². The number of nitrogens with zero attached hydrogens (tertiary/aromatic N) is 8. The standard InChI is InChI=1S/C47H60N14O8/c1-9-60-34(22-28(3)56-60)42(64)54-44-52-32-24-30(40(48)62)26-36(67-8)38(32)58(44)19-12-13-20-59-39-33(53-45(59)55-43(65)35-23-29(4)57-61(35)10-2)25-31(41(49)63)27-37(39)68-21-14-11-16-50-17-15-18-51-46(66)69-47(5,6)7/h11-14,22-27,50H,9-10,15-21H2,1-8H3,(H2,48,62)(H2,49,63)(H,51,66)(H,52,54,64)(H,53,55,65)/b13-12+,14-11+. The Morgan fingerprint density at radius 2 is 1.20 bits per heavy atom. The summed E-state index contributed by atoms with van der Waals surface area (Å²) in [7, 11) is 1.45. The van der Waals surface area contributed by atoms with Crippen molar-refractivity contribution in [2.75, 3.05) is 44.0 Å². The summed E-state index contributed by atoms with van der Waals surface area (Å²) in [4.78, 5) is 73.8. The molecular formula is C47H60N14O8. The highest BCUT2D eigenvalue weighted by molar-refractivity contribution is 6.05. The number of methoxy groups -OCH3 is 1. The van der Waals surface area contributed by atoms with Crippen LogP contribution in [0.3, 0.4) is 0 Å². The van der Waals surface area contributed by atoms with Gasteiger partial charge in [0.2, 0.25) is 23.7 Å². The summed E-state index contributed by atoms with van der Waals surface area (Å²) >= 11 is 0. The SMILES string of the molecule is CCn1nc(C)cc1C(=O)Nc1nc2cc(C(N)=O)cc(OC)c2n1C/C=C/Cn1c(NC(=O)c2cc(C)nn2CC)nc2cc(C(N)=O)cc(OC/C=C/CNCCCNC(=O)OC(C)(C)C)c21. The third kappa shape index (κ3) is 12.5. The zero-order valence-corrected chi connectivity index (χ0v) is 40.1. The molecule has 0 aliphatic carbocycles. The van der Waals surface area contributed by atoms with Crippen molar-refractivity contribution in [3.8, 4) is 11.5 Å². The van der Waals surface area contributed by atoms with Gasteiger partial charge in [0.25, 0.3) is 11.8 Å². The van der Waals surface area contributed by atoms with Crippen LogP contribution in [-0.2, 0) is 30.9 Å². The zero-order valence-electron chi connectivity index (χ0n) is 40.1. The van der Waals surface area contributed by atoms with Crippen molar-refractivity contribution in [3.63, 3.8) is 0 Å². The number of nitrogens with two attached hydrogens (primary N) is 2. The van der Waals surface area contributed by atoms with Crippen LogP contribution in [0.15, 0.2) is 60.7 Å². The van der Waals surface area contributed by atoms with Crippen molar-refractivity contribution in [3.05, 3.63) is 94.6 Å². The number of imidazole rings is 2. The van der Waals surface area contributed by atoms with Gasteiger partial charge in [-0.25, -0.2) is 14.8 Å². The van der Waals surface area contributed by atoms with E-state index in [0.29, 0.717) is 89.7 Å². The summed E-state index contributed by atoms with van der Waals surface area (Å²) < 4.78 is 23.9. The number of nitrogens with one attached hydrogen (secondary N) is 4. The molecule has 6 aromatic rings. The Balaban J connectivity index is 1.29. The van der Waals surface area contributed by atoms with Crippen LogP contribution < -0.4 is 42.2 Å². The molecule has 366 valence electrons. The molecule has 22 nitrogen and oxygen atoms in total.